The highest BCUT2D eigenvalue weighted by Gasteiger charge is 2.40. The molecule has 3 aliphatic rings. The van der Waals surface area contributed by atoms with Gasteiger partial charge < -0.3 is 11.1 Å². The van der Waals surface area contributed by atoms with E-state index < -0.39 is 9.84 Å². The highest BCUT2D eigenvalue weighted by atomic mass is 35.5. The van der Waals surface area contributed by atoms with E-state index in [9.17, 15) is 13.2 Å². The minimum atomic E-state index is -3.28. The van der Waals surface area contributed by atoms with Crippen molar-refractivity contribution in [3.63, 3.8) is 0 Å². The van der Waals surface area contributed by atoms with Gasteiger partial charge in [-0.05, 0) is 50.4 Å². The maximum Gasteiger partial charge on any atom is 0.235 e. The zero-order chi connectivity index (χ0) is 15.7. The predicted molar refractivity (Wildman–Crippen MR) is 93.3 cm³/mol. The summed E-state index contributed by atoms with van der Waals surface area (Å²) in [4.78, 5) is 12.3. The van der Waals surface area contributed by atoms with Crippen molar-refractivity contribution >= 4 is 28.2 Å². The molecule has 134 valence electrons. The highest BCUT2D eigenvalue weighted by molar-refractivity contribution is 7.92. The topological polar surface area (TPSA) is 89.3 Å². The third-order valence-corrected chi connectivity index (χ3v) is 8.00. The van der Waals surface area contributed by atoms with Gasteiger partial charge in [-0.25, -0.2) is 8.42 Å². The first kappa shape index (κ1) is 19.0. The largest absolute Gasteiger partial charge is 0.352 e. The van der Waals surface area contributed by atoms with Crippen molar-refractivity contribution in [3.05, 3.63) is 0 Å². The molecule has 2 bridgehead atoms. The number of carbonyl (C=O) groups excluding carboxylic acids is 1. The summed E-state index contributed by atoms with van der Waals surface area (Å²) in [6, 6.07) is 0.380. The Balaban J connectivity index is 0.00000192. The molecule has 3 rings (SSSR count). The fourth-order valence-corrected chi connectivity index (χ4v) is 6.54. The quantitative estimate of drug-likeness (QED) is 0.795. The van der Waals surface area contributed by atoms with Gasteiger partial charge in [-0.1, -0.05) is 19.3 Å². The van der Waals surface area contributed by atoms with Crippen molar-refractivity contribution in [2.75, 3.05) is 5.75 Å². The number of carbonyl (C=O) groups is 1. The van der Waals surface area contributed by atoms with E-state index in [2.05, 4.69) is 5.32 Å². The van der Waals surface area contributed by atoms with Gasteiger partial charge in [0.05, 0.1) is 5.25 Å². The molecule has 2 unspecified atom stereocenters. The van der Waals surface area contributed by atoms with Crippen LogP contribution in [0.25, 0.3) is 0 Å². The Kier molecular flexibility index (Phi) is 6.36. The molecule has 3 saturated carbocycles. The lowest BCUT2D eigenvalue weighted by molar-refractivity contribution is -0.120. The van der Waals surface area contributed by atoms with Crippen LogP contribution >= 0.6 is 12.4 Å². The molecule has 0 heterocycles. The van der Waals surface area contributed by atoms with Crippen molar-refractivity contribution < 1.29 is 13.2 Å². The van der Waals surface area contributed by atoms with Crippen LogP contribution in [0.15, 0.2) is 0 Å². The van der Waals surface area contributed by atoms with E-state index in [1.54, 1.807) is 0 Å². The van der Waals surface area contributed by atoms with Crippen LogP contribution in [0.5, 0.6) is 0 Å². The van der Waals surface area contributed by atoms with E-state index >= 15 is 0 Å². The summed E-state index contributed by atoms with van der Waals surface area (Å²) in [5, 5.41) is 2.75. The standard InChI is InChI=1S/C16H28N2O3S.ClH/c17-13-8-11-4-3-5-12(9-13)16(11)18-15(19)10-22(20,21)14-6-1-2-7-14;/h11-14,16H,1-10,17H2,(H,18,19);1H. The van der Waals surface area contributed by atoms with Crippen LogP contribution in [0, 0.1) is 11.8 Å². The smallest absolute Gasteiger partial charge is 0.235 e. The maximum absolute atomic E-state index is 12.3. The predicted octanol–water partition coefficient (Wildman–Crippen LogP) is 1.79. The number of amides is 1. The number of hydrogen-bond donors (Lipinski definition) is 2. The number of fused-ring (bicyclic) bond motifs is 2. The second-order valence-corrected chi connectivity index (χ2v) is 9.77. The van der Waals surface area contributed by atoms with Crippen LogP contribution in [0.3, 0.4) is 0 Å². The van der Waals surface area contributed by atoms with E-state index in [1.165, 1.54) is 6.42 Å². The van der Waals surface area contributed by atoms with Crippen molar-refractivity contribution in [2.45, 2.75) is 75.1 Å². The van der Waals surface area contributed by atoms with E-state index in [-0.39, 0.29) is 41.4 Å². The summed E-state index contributed by atoms with van der Waals surface area (Å²) in [5.41, 5.74) is 6.09. The molecule has 3 aliphatic carbocycles. The lowest BCUT2D eigenvalue weighted by Gasteiger charge is -2.45. The lowest BCUT2D eigenvalue weighted by Crippen LogP contribution is -2.54. The SMILES string of the molecule is Cl.NC1CC2CCCC(C1)C2NC(=O)CS(=O)(=O)C1CCCC1. The molecule has 3 N–H and O–H groups in total. The third kappa shape index (κ3) is 4.40. The average Bonchev–Trinajstić information content (AvgIpc) is 2.94. The van der Waals surface area contributed by atoms with Crippen molar-refractivity contribution in [2.24, 2.45) is 17.6 Å². The Hall–Kier alpha value is -0.330. The first-order valence-electron chi connectivity index (χ1n) is 8.72. The molecular weight excluding hydrogens is 336 g/mol. The molecule has 0 radical (unpaired) electrons. The van der Waals surface area contributed by atoms with Crippen molar-refractivity contribution in [1.29, 1.82) is 0 Å². The number of hydrogen-bond acceptors (Lipinski definition) is 4. The van der Waals surface area contributed by atoms with E-state index in [1.807, 2.05) is 0 Å². The monoisotopic (exact) mass is 364 g/mol. The van der Waals surface area contributed by atoms with Crippen LogP contribution in [0.2, 0.25) is 0 Å². The summed E-state index contributed by atoms with van der Waals surface area (Å²) in [5.74, 6) is 0.227. The normalized spacial score (nSPS) is 34.7. The number of nitrogens with one attached hydrogen (secondary N) is 1. The highest BCUT2D eigenvalue weighted by Crippen LogP contribution is 2.39. The van der Waals surface area contributed by atoms with Crippen LogP contribution in [0.4, 0.5) is 0 Å². The second kappa shape index (κ2) is 7.70. The molecule has 0 spiro atoms. The molecule has 23 heavy (non-hydrogen) atoms. The molecule has 3 fully saturated rings. The fraction of sp³-hybridized carbons (Fsp3) is 0.938. The van der Waals surface area contributed by atoms with Gasteiger partial charge in [-0.15, -0.1) is 12.4 Å². The molecule has 0 saturated heterocycles. The molecule has 1 amide bonds. The van der Waals surface area contributed by atoms with Gasteiger partial charge >= 0.3 is 0 Å². The number of halogens is 1. The average molecular weight is 365 g/mol. The zero-order valence-electron chi connectivity index (χ0n) is 13.6. The number of nitrogens with two attached hydrogens (primary N) is 1. The van der Waals surface area contributed by atoms with Gasteiger partial charge in [0.15, 0.2) is 9.84 Å². The maximum atomic E-state index is 12.3. The van der Waals surface area contributed by atoms with E-state index in [0.717, 1.165) is 51.4 Å². The van der Waals surface area contributed by atoms with Gasteiger partial charge in [0.25, 0.3) is 0 Å². The zero-order valence-corrected chi connectivity index (χ0v) is 15.2. The molecular formula is C16H29ClN2O3S. The van der Waals surface area contributed by atoms with Gasteiger partial charge in [0, 0.05) is 12.1 Å². The minimum absolute atomic E-state index is 0. The van der Waals surface area contributed by atoms with Gasteiger partial charge in [-0.3, -0.25) is 4.79 Å². The molecule has 7 heteroatoms. The summed E-state index contributed by atoms with van der Waals surface area (Å²) >= 11 is 0. The Morgan fingerprint density at radius 3 is 2.13 bits per heavy atom. The third-order valence-electron chi connectivity index (χ3n) is 5.85. The number of rotatable bonds is 4. The second-order valence-electron chi connectivity index (χ2n) is 7.49. The first-order chi connectivity index (χ1) is 10.5. The van der Waals surface area contributed by atoms with Crippen LogP contribution in [0.1, 0.15) is 57.8 Å². The molecule has 0 aliphatic heterocycles. The van der Waals surface area contributed by atoms with Crippen molar-refractivity contribution in [1.82, 2.24) is 5.32 Å². The summed E-state index contributed by atoms with van der Waals surface area (Å²) < 4.78 is 24.6. The Morgan fingerprint density at radius 1 is 1.00 bits per heavy atom. The Bertz CT molecular complexity index is 505. The summed E-state index contributed by atoms with van der Waals surface area (Å²) in [6.07, 6.45) is 8.70. The first-order valence-corrected chi connectivity index (χ1v) is 10.4. The summed E-state index contributed by atoms with van der Waals surface area (Å²) in [7, 11) is -3.28. The molecule has 0 aromatic rings. The molecule has 0 aromatic heterocycles. The number of sulfone groups is 1. The molecule has 0 aromatic carbocycles. The van der Waals surface area contributed by atoms with E-state index in [0.29, 0.717) is 11.8 Å². The van der Waals surface area contributed by atoms with Gasteiger partial charge in [-0.2, -0.15) is 0 Å². The lowest BCUT2D eigenvalue weighted by atomic mass is 9.67. The van der Waals surface area contributed by atoms with E-state index in [4.69, 9.17) is 5.73 Å². The van der Waals surface area contributed by atoms with Gasteiger partial charge in [0.1, 0.15) is 5.75 Å². The van der Waals surface area contributed by atoms with Crippen LogP contribution in [-0.4, -0.2) is 37.4 Å². The van der Waals surface area contributed by atoms with Gasteiger partial charge in [0.2, 0.25) is 5.91 Å². The Morgan fingerprint density at radius 2 is 1.57 bits per heavy atom. The van der Waals surface area contributed by atoms with Crippen LogP contribution < -0.4 is 11.1 Å². The minimum Gasteiger partial charge on any atom is -0.352 e. The molecule has 2 atom stereocenters. The van der Waals surface area contributed by atoms with Crippen LogP contribution in [-0.2, 0) is 14.6 Å². The Labute approximate surface area is 145 Å². The van der Waals surface area contributed by atoms with Crippen molar-refractivity contribution in [3.8, 4) is 0 Å². The molecule has 5 nitrogen and oxygen atoms in total. The summed E-state index contributed by atoms with van der Waals surface area (Å²) in [6.45, 7) is 0. The fourth-order valence-electron chi connectivity index (χ4n) is 4.80.